The lowest BCUT2D eigenvalue weighted by Gasteiger charge is -2.22. The van der Waals surface area contributed by atoms with E-state index >= 15 is 0 Å². The van der Waals surface area contributed by atoms with E-state index in [2.05, 4.69) is 24.5 Å². The fourth-order valence-corrected chi connectivity index (χ4v) is 2.94. The minimum Gasteiger partial charge on any atom is -0.352 e. The predicted molar refractivity (Wildman–Crippen MR) is 95.7 cm³/mol. The summed E-state index contributed by atoms with van der Waals surface area (Å²) in [5, 5.41) is 5.42. The fourth-order valence-electron chi connectivity index (χ4n) is 2.94. The molecule has 0 spiro atoms. The molecule has 1 aliphatic rings. The Kier molecular flexibility index (Phi) is 6.00. The number of halogens is 1. The summed E-state index contributed by atoms with van der Waals surface area (Å²) >= 11 is 0. The Balaban J connectivity index is 2.02. The Morgan fingerprint density at radius 1 is 1.19 bits per heavy atom. The number of hydrogen-bond acceptors (Lipinski definition) is 3. The van der Waals surface area contributed by atoms with Crippen molar-refractivity contribution in [3.05, 3.63) is 35.6 Å². The molecule has 142 valence electrons. The van der Waals surface area contributed by atoms with Crippen LogP contribution in [0.1, 0.15) is 46.1 Å². The van der Waals surface area contributed by atoms with Gasteiger partial charge >= 0.3 is 6.03 Å². The van der Waals surface area contributed by atoms with Gasteiger partial charge in [-0.15, -0.1) is 0 Å². The summed E-state index contributed by atoms with van der Waals surface area (Å²) in [6.45, 7) is 7.32. The van der Waals surface area contributed by atoms with Gasteiger partial charge in [-0.2, -0.15) is 0 Å². The summed E-state index contributed by atoms with van der Waals surface area (Å²) < 4.78 is 13.1. The first-order chi connectivity index (χ1) is 12.1. The summed E-state index contributed by atoms with van der Waals surface area (Å²) in [5.74, 6) is -0.801. The molecule has 0 aromatic heterocycles. The standard InChI is InChI=1S/C19H26FN3O3/c1-12(2)5-6-13(3)21-16(24)11-23-17(25)19(4,22-18(23)26)14-7-9-15(20)10-8-14/h7-10,12-13H,5-6,11H2,1-4H3,(H,21,24)(H,22,26). The lowest BCUT2D eigenvalue weighted by Crippen LogP contribution is -2.45. The van der Waals surface area contributed by atoms with Crippen molar-refractivity contribution < 1.29 is 18.8 Å². The third kappa shape index (κ3) is 4.39. The number of carbonyl (C=O) groups excluding carboxylic acids is 3. The molecule has 1 aromatic rings. The Hall–Kier alpha value is -2.44. The fraction of sp³-hybridized carbons (Fsp3) is 0.526. The summed E-state index contributed by atoms with van der Waals surface area (Å²) in [4.78, 5) is 38.0. The molecule has 2 unspecified atom stereocenters. The van der Waals surface area contributed by atoms with Crippen LogP contribution in [0.25, 0.3) is 0 Å². The van der Waals surface area contributed by atoms with Crippen LogP contribution < -0.4 is 10.6 Å². The second-order valence-corrected chi connectivity index (χ2v) is 7.39. The molecule has 0 aliphatic carbocycles. The van der Waals surface area contributed by atoms with Crippen molar-refractivity contribution in [2.24, 2.45) is 5.92 Å². The molecule has 2 N–H and O–H groups in total. The zero-order valence-corrected chi connectivity index (χ0v) is 15.6. The molecule has 2 atom stereocenters. The summed E-state index contributed by atoms with van der Waals surface area (Å²) in [6.07, 6.45) is 1.81. The first kappa shape index (κ1) is 19.9. The second kappa shape index (κ2) is 7.85. The maximum Gasteiger partial charge on any atom is 0.325 e. The number of imide groups is 1. The van der Waals surface area contributed by atoms with Gasteiger partial charge in [-0.05, 0) is 50.3 Å². The molecular formula is C19H26FN3O3. The van der Waals surface area contributed by atoms with Crippen LogP contribution in [0.15, 0.2) is 24.3 Å². The van der Waals surface area contributed by atoms with Crippen molar-refractivity contribution in [2.45, 2.75) is 52.1 Å². The molecule has 1 aromatic carbocycles. The first-order valence-electron chi connectivity index (χ1n) is 8.83. The van der Waals surface area contributed by atoms with E-state index in [9.17, 15) is 18.8 Å². The number of urea groups is 1. The average molecular weight is 363 g/mol. The van der Waals surface area contributed by atoms with Gasteiger partial charge < -0.3 is 10.6 Å². The van der Waals surface area contributed by atoms with E-state index in [-0.39, 0.29) is 18.5 Å². The van der Waals surface area contributed by atoms with Gasteiger partial charge in [0, 0.05) is 6.04 Å². The largest absolute Gasteiger partial charge is 0.352 e. The third-order valence-electron chi connectivity index (χ3n) is 4.58. The topological polar surface area (TPSA) is 78.5 Å². The molecule has 1 heterocycles. The summed E-state index contributed by atoms with van der Waals surface area (Å²) in [7, 11) is 0. The second-order valence-electron chi connectivity index (χ2n) is 7.39. The highest BCUT2D eigenvalue weighted by Crippen LogP contribution is 2.28. The quantitative estimate of drug-likeness (QED) is 0.731. The maximum absolute atomic E-state index is 13.1. The molecule has 26 heavy (non-hydrogen) atoms. The molecule has 1 fully saturated rings. The summed E-state index contributed by atoms with van der Waals surface area (Å²) in [5.41, 5.74) is -0.848. The Labute approximate surface area is 153 Å². The minimum atomic E-state index is -1.31. The lowest BCUT2D eigenvalue weighted by molar-refractivity contribution is -0.135. The van der Waals surface area contributed by atoms with E-state index in [1.807, 2.05) is 6.92 Å². The molecule has 4 amide bonds. The highest BCUT2D eigenvalue weighted by molar-refractivity contribution is 6.09. The van der Waals surface area contributed by atoms with E-state index in [0.29, 0.717) is 11.5 Å². The van der Waals surface area contributed by atoms with Gasteiger partial charge in [0.15, 0.2) is 0 Å². The van der Waals surface area contributed by atoms with Crippen LogP contribution >= 0.6 is 0 Å². The molecule has 0 bridgehead atoms. The normalized spacial score (nSPS) is 21.1. The van der Waals surface area contributed by atoms with Crippen LogP contribution in [-0.2, 0) is 15.1 Å². The number of benzene rings is 1. The monoisotopic (exact) mass is 363 g/mol. The molecule has 2 rings (SSSR count). The number of rotatable bonds is 7. The zero-order valence-electron chi connectivity index (χ0n) is 15.6. The van der Waals surface area contributed by atoms with Gasteiger partial charge in [-0.3, -0.25) is 14.5 Å². The number of amides is 4. The molecule has 1 saturated heterocycles. The lowest BCUT2D eigenvalue weighted by atomic mass is 9.92. The van der Waals surface area contributed by atoms with Gasteiger partial charge in [0.2, 0.25) is 5.91 Å². The molecule has 7 heteroatoms. The molecule has 0 radical (unpaired) electrons. The summed E-state index contributed by atoms with van der Waals surface area (Å²) in [6, 6.07) is 4.69. The van der Waals surface area contributed by atoms with E-state index < -0.39 is 23.3 Å². The Morgan fingerprint density at radius 3 is 2.38 bits per heavy atom. The number of carbonyl (C=O) groups is 3. The van der Waals surface area contributed by atoms with E-state index in [1.54, 1.807) is 6.92 Å². The SMILES string of the molecule is CC(C)CCC(C)NC(=O)CN1C(=O)NC(C)(c2ccc(F)cc2)C1=O. The third-order valence-corrected chi connectivity index (χ3v) is 4.58. The molecule has 0 saturated carbocycles. The Morgan fingerprint density at radius 2 is 1.81 bits per heavy atom. The van der Waals surface area contributed by atoms with Crippen LogP contribution in [0.3, 0.4) is 0 Å². The first-order valence-corrected chi connectivity index (χ1v) is 8.83. The number of hydrogen-bond donors (Lipinski definition) is 2. The number of nitrogens with one attached hydrogen (secondary N) is 2. The molecule has 6 nitrogen and oxygen atoms in total. The van der Waals surface area contributed by atoms with Gasteiger partial charge in [-0.1, -0.05) is 26.0 Å². The van der Waals surface area contributed by atoms with Crippen molar-refractivity contribution in [1.82, 2.24) is 15.5 Å². The van der Waals surface area contributed by atoms with Crippen LogP contribution in [0.4, 0.5) is 9.18 Å². The van der Waals surface area contributed by atoms with Crippen molar-refractivity contribution in [3.63, 3.8) is 0 Å². The minimum absolute atomic E-state index is 0.0332. The average Bonchev–Trinajstić information content (AvgIpc) is 2.77. The zero-order chi connectivity index (χ0) is 19.5. The van der Waals surface area contributed by atoms with Gasteiger partial charge in [0.05, 0.1) is 0 Å². The van der Waals surface area contributed by atoms with E-state index in [4.69, 9.17) is 0 Å². The van der Waals surface area contributed by atoms with Gasteiger partial charge in [0.1, 0.15) is 17.9 Å². The highest BCUT2D eigenvalue weighted by Gasteiger charge is 2.49. The molecular weight excluding hydrogens is 337 g/mol. The van der Waals surface area contributed by atoms with Gasteiger partial charge in [0.25, 0.3) is 5.91 Å². The predicted octanol–water partition coefficient (Wildman–Crippen LogP) is 2.53. The smallest absolute Gasteiger partial charge is 0.325 e. The van der Waals surface area contributed by atoms with Crippen molar-refractivity contribution in [3.8, 4) is 0 Å². The van der Waals surface area contributed by atoms with Crippen LogP contribution in [0.2, 0.25) is 0 Å². The van der Waals surface area contributed by atoms with Crippen LogP contribution in [-0.4, -0.2) is 35.3 Å². The molecule has 1 aliphatic heterocycles. The maximum atomic E-state index is 13.1. The highest BCUT2D eigenvalue weighted by atomic mass is 19.1. The number of nitrogens with zero attached hydrogens (tertiary/aromatic N) is 1. The van der Waals surface area contributed by atoms with Crippen LogP contribution in [0, 0.1) is 11.7 Å². The van der Waals surface area contributed by atoms with Crippen LogP contribution in [0.5, 0.6) is 0 Å². The van der Waals surface area contributed by atoms with Crippen molar-refractivity contribution >= 4 is 17.8 Å². The van der Waals surface area contributed by atoms with E-state index in [1.165, 1.54) is 24.3 Å². The Bertz CT molecular complexity index is 690. The van der Waals surface area contributed by atoms with Crippen molar-refractivity contribution in [2.75, 3.05) is 6.54 Å². The van der Waals surface area contributed by atoms with Crippen molar-refractivity contribution in [1.29, 1.82) is 0 Å². The van der Waals surface area contributed by atoms with Gasteiger partial charge in [-0.25, -0.2) is 9.18 Å². The van der Waals surface area contributed by atoms with E-state index in [0.717, 1.165) is 17.7 Å².